The van der Waals surface area contributed by atoms with E-state index in [0.29, 0.717) is 24.7 Å². The Balaban J connectivity index is 0.00000312. The minimum atomic E-state index is -3.50. The van der Waals surface area contributed by atoms with Crippen molar-refractivity contribution in [1.29, 1.82) is 0 Å². The van der Waals surface area contributed by atoms with Crippen LogP contribution in [0.5, 0.6) is 11.5 Å². The first-order chi connectivity index (χ1) is 11.6. The summed E-state index contributed by atoms with van der Waals surface area (Å²) in [5.41, 5.74) is 0. The minimum absolute atomic E-state index is 0. The normalized spacial score (nSPS) is 11.0. The molecule has 0 aliphatic heterocycles. The van der Waals surface area contributed by atoms with Crippen molar-refractivity contribution < 1.29 is 22.7 Å². The molecule has 0 aromatic heterocycles. The van der Waals surface area contributed by atoms with Gasteiger partial charge < -0.3 is 18.1 Å². The summed E-state index contributed by atoms with van der Waals surface area (Å²) >= 11 is 0. The van der Waals surface area contributed by atoms with Gasteiger partial charge in [0, 0.05) is 8.41 Å². The van der Waals surface area contributed by atoms with E-state index in [2.05, 4.69) is 0 Å². The SMILES string of the molecule is CCOP(CP(=O)(Oc1ccccc1)Oc1ccccc1)OCC.[B]. The average Bonchev–Trinajstić information content (AvgIpc) is 2.57. The molecule has 0 bridgehead atoms. The van der Waals surface area contributed by atoms with Crippen LogP contribution in [0.15, 0.2) is 60.7 Å². The van der Waals surface area contributed by atoms with Gasteiger partial charge in [0.15, 0.2) is 8.38 Å². The Bertz CT molecular complexity index is 591. The predicted molar refractivity (Wildman–Crippen MR) is 103 cm³/mol. The van der Waals surface area contributed by atoms with Crippen molar-refractivity contribution in [3.8, 4) is 11.5 Å². The average molecular weight is 379 g/mol. The number of rotatable bonds is 10. The number of hydrogen-bond donors (Lipinski definition) is 0. The quantitative estimate of drug-likeness (QED) is 0.414. The van der Waals surface area contributed by atoms with E-state index in [1.54, 1.807) is 24.3 Å². The number of benzene rings is 2. The summed E-state index contributed by atoms with van der Waals surface area (Å²) in [6, 6.07) is 18.0. The first-order valence-electron chi connectivity index (χ1n) is 7.77. The molecule has 5 nitrogen and oxygen atoms in total. The van der Waals surface area contributed by atoms with Crippen molar-refractivity contribution >= 4 is 24.4 Å². The van der Waals surface area contributed by atoms with Crippen molar-refractivity contribution in [1.82, 2.24) is 0 Å². The summed E-state index contributed by atoms with van der Waals surface area (Å²) < 4.78 is 35.9. The standard InChI is InChI=1S/C17H22O5P2.B/c1-3-19-23(20-4-2)15-24(18,21-16-11-7-5-8-12-16)22-17-13-9-6-10-14-17;/h5-14H,3-4,15H2,1-2H3;. The van der Waals surface area contributed by atoms with Crippen LogP contribution in [-0.4, -0.2) is 27.5 Å². The van der Waals surface area contributed by atoms with Crippen molar-refractivity contribution in [2.75, 3.05) is 19.1 Å². The molecule has 2 rings (SSSR count). The molecule has 0 fully saturated rings. The summed E-state index contributed by atoms with van der Waals surface area (Å²) in [6.07, 6.45) is 0. The van der Waals surface area contributed by atoms with Crippen LogP contribution in [0.1, 0.15) is 13.8 Å². The molecule has 0 saturated heterocycles. The molecule has 133 valence electrons. The Hall–Kier alpha value is -1.32. The molecule has 25 heavy (non-hydrogen) atoms. The van der Waals surface area contributed by atoms with Gasteiger partial charge in [0.2, 0.25) is 0 Å². The third-order valence-electron chi connectivity index (χ3n) is 2.81. The monoisotopic (exact) mass is 379 g/mol. The van der Waals surface area contributed by atoms with Crippen LogP contribution in [0.4, 0.5) is 0 Å². The summed E-state index contributed by atoms with van der Waals surface area (Å²) in [6.45, 7) is 4.69. The first kappa shape index (κ1) is 21.7. The van der Waals surface area contributed by atoms with Crippen molar-refractivity contribution in [2.45, 2.75) is 13.8 Å². The maximum absolute atomic E-state index is 13.3. The van der Waals surface area contributed by atoms with Gasteiger partial charge in [-0.1, -0.05) is 36.4 Å². The van der Waals surface area contributed by atoms with Crippen LogP contribution in [0.3, 0.4) is 0 Å². The van der Waals surface area contributed by atoms with Crippen LogP contribution < -0.4 is 9.05 Å². The lowest BCUT2D eigenvalue weighted by Gasteiger charge is -2.23. The van der Waals surface area contributed by atoms with Crippen molar-refractivity contribution in [2.24, 2.45) is 0 Å². The van der Waals surface area contributed by atoms with Gasteiger partial charge in [0.25, 0.3) is 0 Å². The zero-order valence-electron chi connectivity index (χ0n) is 14.4. The van der Waals surface area contributed by atoms with Crippen LogP contribution in [-0.2, 0) is 13.6 Å². The highest BCUT2D eigenvalue weighted by Gasteiger charge is 2.34. The second kappa shape index (κ2) is 11.3. The molecule has 0 saturated carbocycles. The second-order valence-corrected chi connectivity index (χ2v) is 8.63. The van der Waals surface area contributed by atoms with Crippen LogP contribution in [0, 0.1) is 0 Å². The topological polar surface area (TPSA) is 54.0 Å². The van der Waals surface area contributed by atoms with E-state index in [1.165, 1.54) is 0 Å². The Kier molecular flexibility index (Phi) is 9.85. The molecule has 3 radical (unpaired) electrons. The van der Waals surface area contributed by atoms with Gasteiger partial charge in [-0.25, -0.2) is 4.57 Å². The molecular weight excluding hydrogens is 357 g/mol. The van der Waals surface area contributed by atoms with E-state index in [4.69, 9.17) is 18.1 Å². The Labute approximate surface area is 152 Å². The smallest absolute Gasteiger partial charge is 0.416 e. The van der Waals surface area contributed by atoms with Gasteiger partial charge >= 0.3 is 7.60 Å². The Morgan fingerprint density at radius 2 is 1.20 bits per heavy atom. The molecule has 8 heteroatoms. The Morgan fingerprint density at radius 3 is 1.56 bits per heavy atom. The van der Waals surface area contributed by atoms with E-state index in [-0.39, 0.29) is 14.3 Å². The van der Waals surface area contributed by atoms with E-state index in [1.807, 2.05) is 50.2 Å². The minimum Gasteiger partial charge on any atom is -0.416 e. The molecular formula is C17H22BO5P2. The fourth-order valence-corrected chi connectivity index (χ4v) is 5.73. The van der Waals surface area contributed by atoms with Gasteiger partial charge in [-0.2, -0.15) is 0 Å². The molecule has 0 heterocycles. The van der Waals surface area contributed by atoms with Crippen molar-refractivity contribution in [3.05, 3.63) is 60.7 Å². The molecule has 2 aromatic rings. The largest absolute Gasteiger partial charge is 0.439 e. The molecule has 0 aliphatic carbocycles. The predicted octanol–water partition coefficient (Wildman–Crippen LogP) is 5.30. The highest BCUT2D eigenvalue weighted by molar-refractivity contribution is 7.69. The molecule has 2 aromatic carbocycles. The summed E-state index contributed by atoms with van der Waals surface area (Å²) in [7, 11) is -4.85. The van der Waals surface area contributed by atoms with E-state index >= 15 is 0 Å². The van der Waals surface area contributed by atoms with E-state index < -0.39 is 16.0 Å². The lowest BCUT2D eigenvalue weighted by molar-refractivity contribution is 0.270. The van der Waals surface area contributed by atoms with Crippen LogP contribution in [0.25, 0.3) is 0 Å². The third-order valence-corrected chi connectivity index (χ3v) is 7.19. The summed E-state index contributed by atoms with van der Waals surface area (Å²) in [4.78, 5) is 0. The number of hydrogen-bond acceptors (Lipinski definition) is 5. The summed E-state index contributed by atoms with van der Waals surface area (Å²) in [5, 5.41) is 0. The molecule has 0 N–H and O–H groups in total. The molecule has 0 amide bonds. The highest BCUT2D eigenvalue weighted by atomic mass is 31.2. The third kappa shape index (κ3) is 7.62. The van der Waals surface area contributed by atoms with Gasteiger partial charge in [-0.3, -0.25) is 0 Å². The lowest BCUT2D eigenvalue weighted by Crippen LogP contribution is -2.07. The second-order valence-electron chi connectivity index (χ2n) is 4.73. The molecule has 0 unspecified atom stereocenters. The van der Waals surface area contributed by atoms with Crippen LogP contribution in [0.2, 0.25) is 0 Å². The van der Waals surface area contributed by atoms with Crippen molar-refractivity contribution in [3.63, 3.8) is 0 Å². The van der Waals surface area contributed by atoms with Gasteiger partial charge in [-0.05, 0) is 38.1 Å². The van der Waals surface area contributed by atoms with Gasteiger partial charge in [-0.15, -0.1) is 0 Å². The summed E-state index contributed by atoms with van der Waals surface area (Å²) in [5.74, 6) is 1.03. The maximum Gasteiger partial charge on any atom is 0.439 e. The van der Waals surface area contributed by atoms with Gasteiger partial charge in [0.1, 0.15) is 17.4 Å². The Morgan fingerprint density at radius 1 is 0.800 bits per heavy atom. The first-order valence-corrected chi connectivity index (χ1v) is 10.9. The van der Waals surface area contributed by atoms with Crippen LogP contribution >= 0.6 is 16.0 Å². The fraction of sp³-hybridized carbons (Fsp3) is 0.294. The molecule has 0 aliphatic rings. The van der Waals surface area contributed by atoms with E-state index in [0.717, 1.165) is 0 Å². The molecule has 0 spiro atoms. The number of para-hydroxylation sites is 2. The molecule has 0 atom stereocenters. The highest BCUT2D eigenvalue weighted by Crippen LogP contribution is 2.58. The zero-order chi connectivity index (χ0) is 17.3. The van der Waals surface area contributed by atoms with Gasteiger partial charge in [0.05, 0.1) is 13.2 Å². The maximum atomic E-state index is 13.3. The lowest BCUT2D eigenvalue weighted by atomic mass is 10.3. The fourth-order valence-electron chi connectivity index (χ4n) is 1.91. The zero-order valence-corrected chi connectivity index (χ0v) is 16.2. The van der Waals surface area contributed by atoms with E-state index in [9.17, 15) is 4.57 Å².